The van der Waals surface area contributed by atoms with Crippen molar-refractivity contribution in [1.29, 1.82) is 0 Å². The van der Waals surface area contributed by atoms with Crippen LogP contribution in [0, 0.1) is 5.92 Å². The molecule has 3 nitrogen and oxygen atoms in total. The molecular formula is C20H23NO2. The number of hydrogen-bond donors (Lipinski definition) is 1. The van der Waals surface area contributed by atoms with Crippen LogP contribution in [0.2, 0.25) is 0 Å². The van der Waals surface area contributed by atoms with E-state index in [-0.39, 0.29) is 5.92 Å². The summed E-state index contributed by atoms with van der Waals surface area (Å²) in [6.45, 7) is 5.66. The molecule has 0 aliphatic heterocycles. The SMILES string of the molecule is CC[C@@](N=Cc1ccc(-c2ccccc2)cc1)(C(=O)O)C(C)C. The van der Waals surface area contributed by atoms with Gasteiger partial charge in [0.2, 0.25) is 0 Å². The van der Waals surface area contributed by atoms with Crippen molar-refractivity contribution in [2.75, 3.05) is 0 Å². The van der Waals surface area contributed by atoms with Gasteiger partial charge >= 0.3 is 5.97 Å². The molecule has 0 heterocycles. The third kappa shape index (κ3) is 3.67. The topological polar surface area (TPSA) is 49.7 Å². The van der Waals surface area contributed by atoms with Crippen LogP contribution in [-0.4, -0.2) is 22.8 Å². The molecule has 0 amide bonds. The van der Waals surface area contributed by atoms with Crippen LogP contribution in [0.15, 0.2) is 59.6 Å². The van der Waals surface area contributed by atoms with E-state index >= 15 is 0 Å². The third-order valence-corrected chi connectivity index (χ3v) is 4.33. The molecule has 0 aliphatic rings. The van der Waals surface area contributed by atoms with Gasteiger partial charge in [0.15, 0.2) is 5.54 Å². The highest BCUT2D eigenvalue weighted by Crippen LogP contribution is 2.26. The van der Waals surface area contributed by atoms with Gasteiger partial charge in [-0.2, -0.15) is 0 Å². The van der Waals surface area contributed by atoms with Gasteiger partial charge in [0.25, 0.3) is 0 Å². The molecule has 1 N–H and O–H groups in total. The Balaban J connectivity index is 2.25. The Kier molecular flexibility index (Phi) is 5.32. The van der Waals surface area contributed by atoms with Crippen molar-refractivity contribution in [2.45, 2.75) is 32.7 Å². The average molecular weight is 309 g/mol. The molecule has 0 unspecified atom stereocenters. The zero-order valence-corrected chi connectivity index (χ0v) is 13.9. The Labute approximate surface area is 137 Å². The monoisotopic (exact) mass is 309 g/mol. The fourth-order valence-corrected chi connectivity index (χ4v) is 2.68. The van der Waals surface area contributed by atoms with Crippen molar-refractivity contribution < 1.29 is 9.90 Å². The minimum absolute atomic E-state index is 0.0650. The number of carbonyl (C=O) groups is 1. The molecule has 0 aliphatic carbocycles. The third-order valence-electron chi connectivity index (χ3n) is 4.33. The molecular weight excluding hydrogens is 286 g/mol. The van der Waals surface area contributed by atoms with Crippen LogP contribution >= 0.6 is 0 Å². The van der Waals surface area contributed by atoms with Crippen LogP contribution in [0.1, 0.15) is 32.8 Å². The number of benzene rings is 2. The van der Waals surface area contributed by atoms with Gasteiger partial charge in [-0.05, 0) is 29.0 Å². The van der Waals surface area contributed by atoms with Crippen LogP contribution in [-0.2, 0) is 4.79 Å². The first-order valence-electron chi connectivity index (χ1n) is 7.93. The minimum atomic E-state index is -1.06. The largest absolute Gasteiger partial charge is 0.479 e. The van der Waals surface area contributed by atoms with E-state index in [0.29, 0.717) is 6.42 Å². The van der Waals surface area contributed by atoms with Crippen molar-refractivity contribution in [3.63, 3.8) is 0 Å². The van der Waals surface area contributed by atoms with E-state index in [4.69, 9.17) is 0 Å². The molecule has 0 fully saturated rings. The van der Waals surface area contributed by atoms with Crippen LogP contribution < -0.4 is 0 Å². The summed E-state index contributed by atoms with van der Waals surface area (Å²) in [6, 6.07) is 18.1. The molecule has 0 bridgehead atoms. The van der Waals surface area contributed by atoms with Crippen molar-refractivity contribution in [3.8, 4) is 11.1 Å². The zero-order chi connectivity index (χ0) is 16.9. The second kappa shape index (κ2) is 7.23. The zero-order valence-electron chi connectivity index (χ0n) is 13.9. The lowest BCUT2D eigenvalue weighted by atomic mass is 9.84. The van der Waals surface area contributed by atoms with Crippen LogP contribution in [0.4, 0.5) is 0 Å². The number of aliphatic carboxylic acids is 1. The smallest absolute Gasteiger partial charge is 0.331 e. The molecule has 120 valence electrons. The van der Waals surface area contributed by atoms with E-state index in [1.165, 1.54) is 0 Å². The van der Waals surface area contributed by atoms with Crippen LogP contribution in [0.25, 0.3) is 11.1 Å². The maximum absolute atomic E-state index is 11.6. The molecule has 23 heavy (non-hydrogen) atoms. The first-order valence-corrected chi connectivity index (χ1v) is 7.93. The summed E-state index contributed by atoms with van der Waals surface area (Å²) in [5.41, 5.74) is 2.14. The predicted octanol–water partition coefficient (Wildman–Crippen LogP) is 4.66. The summed E-state index contributed by atoms with van der Waals surface area (Å²) in [5.74, 6) is -0.933. The second-order valence-electron chi connectivity index (χ2n) is 5.98. The molecule has 3 heteroatoms. The maximum atomic E-state index is 11.6. The van der Waals surface area contributed by atoms with E-state index < -0.39 is 11.5 Å². The second-order valence-corrected chi connectivity index (χ2v) is 5.98. The van der Waals surface area contributed by atoms with Gasteiger partial charge in [0.05, 0.1) is 0 Å². The number of rotatable bonds is 6. The lowest BCUT2D eigenvalue weighted by Crippen LogP contribution is -2.41. The summed E-state index contributed by atoms with van der Waals surface area (Å²) in [4.78, 5) is 16.1. The number of nitrogens with zero attached hydrogens (tertiary/aromatic N) is 1. The van der Waals surface area contributed by atoms with Crippen molar-refractivity contribution in [3.05, 3.63) is 60.2 Å². The Hall–Kier alpha value is -2.42. The highest BCUT2D eigenvalue weighted by Gasteiger charge is 2.39. The lowest BCUT2D eigenvalue weighted by Gasteiger charge is -2.27. The van der Waals surface area contributed by atoms with E-state index in [9.17, 15) is 9.90 Å². The number of hydrogen-bond acceptors (Lipinski definition) is 2. The molecule has 2 aromatic carbocycles. The van der Waals surface area contributed by atoms with Gasteiger partial charge < -0.3 is 5.11 Å². The summed E-state index contributed by atoms with van der Waals surface area (Å²) in [7, 11) is 0. The van der Waals surface area contributed by atoms with E-state index in [0.717, 1.165) is 16.7 Å². The molecule has 2 aromatic rings. The van der Waals surface area contributed by atoms with Gasteiger partial charge in [-0.3, -0.25) is 4.99 Å². The molecule has 0 aromatic heterocycles. The number of carboxylic acids is 1. The Morgan fingerprint density at radius 2 is 1.65 bits per heavy atom. The molecule has 0 saturated heterocycles. The van der Waals surface area contributed by atoms with Gasteiger partial charge in [-0.15, -0.1) is 0 Å². The minimum Gasteiger partial charge on any atom is -0.479 e. The van der Waals surface area contributed by atoms with E-state index in [1.807, 2.05) is 63.2 Å². The highest BCUT2D eigenvalue weighted by atomic mass is 16.4. The molecule has 1 atom stereocenters. The average Bonchev–Trinajstić information content (AvgIpc) is 2.56. The number of carboxylic acid groups (broad SMARTS) is 1. The first-order chi connectivity index (χ1) is 11.0. The summed E-state index contributed by atoms with van der Waals surface area (Å²) >= 11 is 0. The van der Waals surface area contributed by atoms with Crippen molar-refractivity contribution >= 4 is 12.2 Å². The standard InChI is InChI=1S/C20H23NO2/c1-4-20(15(2)3,19(22)23)21-14-16-10-12-18(13-11-16)17-8-6-5-7-9-17/h5-15H,4H2,1-3H3,(H,22,23)/t20-/m0/s1. The van der Waals surface area contributed by atoms with E-state index in [1.54, 1.807) is 6.21 Å². The molecule has 2 rings (SSSR count). The Morgan fingerprint density at radius 3 is 2.13 bits per heavy atom. The Morgan fingerprint density at radius 1 is 1.09 bits per heavy atom. The summed E-state index contributed by atoms with van der Waals surface area (Å²) in [6.07, 6.45) is 2.14. The van der Waals surface area contributed by atoms with Crippen LogP contribution in [0.5, 0.6) is 0 Å². The van der Waals surface area contributed by atoms with Gasteiger partial charge in [-0.25, -0.2) is 4.79 Å². The fraction of sp³-hybridized carbons (Fsp3) is 0.300. The van der Waals surface area contributed by atoms with Crippen molar-refractivity contribution in [1.82, 2.24) is 0 Å². The predicted molar refractivity (Wildman–Crippen MR) is 95.0 cm³/mol. The summed E-state index contributed by atoms with van der Waals surface area (Å²) < 4.78 is 0. The van der Waals surface area contributed by atoms with Gasteiger partial charge in [0.1, 0.15) is 0 Å². The molecule has 0 spiro atoms. The maximum Gasteiger partial charge on any atom is 0.331 e. The normalized spacial score (nSPS) is 14.1. The van der Waals surface area contributed by atoms with Crippen LogP contribution in [0.3, 0.4) is 0 Å². The van der Waals surface area contributed by atoms with Gasteiger partial charge in [-0.1, -0.05) is 75.4 Å². The molecule has 0 saturated carbocycles. The fourth-order valence-electron chi connectivity index (χ4n) is 2.68. The van der Waals surface area contributed by atoms with Gasteiger partial charge in [0, 0.05) is 6.21 Å². The van der Waals surface area contributed by atoms with Crippen molar-refractivity contribution in [2.24, 2.45) is 10.9 Å². The lowest BCUT2D eigenvalue weighted by molar-refractivity contribution is -0.145. The van der Waals surface area contributed by atoms with E-state index in [2.05, 4.69) is 17.1 Å². The molecule has 0 radical (unpaired) electrons. The first kappa shape index (κ1) is 16.9. The quantitative estimate of drug-likeness (QED) is 0.789. The summed E-state index contributed by atoms with van der Waals surface area (Å²) in [5, 5.41) is 9.55. The number of aliphatic imine (C=N–C) groups is 1. The Bertz CT molecular complexity index is 675. The highest BCUT2D eigenvalue weighted by molar-refractivity contribution is 5.86.